The average Bonchev–Trinajstić information content (AvgIpc) is 2.29. The zero-order valence-electron chi connectivity index (χ0n) is 10.9. The molecule has 18 heavy (non-hydrogen) atoms. The van der Waals surface area contributed by atoms with Gasteiger partial charge >= 0.3 is 0 Å². The first kappa shape index (κ1) is 14.0. The van der Waals surface area contributed by atoms with Gasteiger partial charge in [0.05, 0.1) is 0 Å². The lowest BCUT2D eigenvalue weighted by molar-refractivity contribution is -0.119. The van der Waals surface area contributed by atoms with Crippen LogP contribution in [0.3, 0.4) is 0 Å². The van der Waals surface area contributed by atoms with E-state index in [0.29, 0.717) is 16.9 Å². The third-order valence-electron chi connectivity index (χ3n) is 2.30. The summed E-state index contributed by atoms with van der Waals surface area (Å²) in [5.41, 5.74) is 1.73. The molecular formula is C14H18N2O2. The van der Waals surface area contributed by atoms with E-state index in [1.807, 2.05) is 13.8 Å². The van der Waals surface area contributed by atoms with E-state index in [4.69, 9.17) is 0 Å². The molecule has 0 bridgehead atoms. The van der Waals surface area contributed by atoms with Gasteiger partial charge in [0.1, 0.15) is 0 Å². The minimum atomic E-state index is -0.234. The largest absolute Gasteiger partial charge is 0.326 e. The first-order chi connectivity index (χ1) is 8.40. The Kier molecular flexibility index (Phi) is 4.66. The van der Waals surface area contributed by atoms with Crippen molar-refractivity contribution in [2.45, 2.75) is 20.8 Å². The Morgan fingerprint density at radius 1 is 1.17 bits per heavy atom. The fourth-order valence-corrected chi connectivity index (χ4v) is 1.20. The van der Waals surface area contributed by atoms with Gasteiger partial charge in [-0.05, 0) is 25.1 Å². The summed E-state index contributed by atoms with van der Waals surface area (Å²) in [5.74, 6) is -0.376. The van der Waals surface area contributed by atoms with Crippen LogP contribution in [0.2, 0.25) is 0 Å². The number of amides is 2. The summed E-state index contributed by atoms with van der Waals surface area (Å²) in [6.07, 6.45) is 0. The van der Waals surface area contributed by atoms with Crippen molar-refractivity contribution in [3.05, 3.63) is 36.4 Å². The van der Waals surface area contributed by atoms with E-state index < -0.39 is 0 Å². The number of hydrogen-bond acceptors (Lipinski definition) is 2. The van der Waals surface area contributed by atoms with Crippen LogP contribution >= 0.6 is 0 Å². The van der Waals surface area contributed by atoms with Gasteiger partial charge in [-0.2, -0.15) is 0 Å². The molecule has 1 aromatic carbocycles. The second-order valence-corrected chi connectivity index (χ2v) is 4.46. The molecule has 0 radical (unpaired) electrons. The minimum absolute atomic E-state index is 0.0571. The molecule has 0 aliphatic carbocycles. The lowest BCUT2D eigenvalue weighted by Gasteiger charge is -2.10. The molecule has 1 rings (SSSR count). The lowest BCUT2D eigenvalue weighted by Crippen LogP contribution is -2.18. The second kappa shape index (κ2) is 6.00. The fourth-order valence-electron chi connectivity index (χ4n) is 1.20. The quantitative estimate of drug-likeness (QED) is 0.802. The third-order valence-corrected chi connectivity index (χ3v) is 2.30. The van der Waals surface area contributed by atoms with Crippen LogP contribution in [0.5, 0.6) is 0 Å². The smallest absolute Gasteiger partial charge is 0.250 e. The molecule has 2 N–H and O–H groups in total. The highest BCUT2D eigenvalue weighted by Crippen LogP contribution is 2.16. The molecule has 0 unspecified atom stereocenters. The molecule has 0 fully saturated rings. The molecule has 4 nitrogen and oxygen atoms in total. The van der Waals surface area contributed by atoms with E-state index in [1.54, 1.807) is 31.2 Å². The Hall–Kier alpha value is -2.10. The summed E-state index contributed by atoms with van der Waals surface area (Å²) in [6.45, 7) is 8.84. The highest BCUT2D eigenvalue weighted by Gasteiger charge is 2.08. The Bertz CT molecular complexity index is 478. The third kappa shape index (κ3) is 4.05. The molecule has 0 saturated heterocycles. The van der Waals surface area contributed by atoms with Crippen LogP contribution in [0.25, 0.3) is 0 Å². The minimum Gasteiger partial charge on any atom is -0.326 e. The summed E-state index contributed by atoms with van der Waals surface area (Å²) >= 11 is 0. The zero-order valence-corrected chi connectivity index (χ0v) is 10.9. The molecule has 96 valence electrons. The van der Waals surface area contributed by atoms with Crippen molar-refractivity contribution >= 4 is 23.2 Å². The average molecular weight is 246 g/mol. The van der Waals surface area contributed by atoms with E-state index in [1.165, 1.54) is 0 Å². The monoisotopic (exact) mass is 246 g/mol. The van der Waals surface area contributed by atoms with E-state index >= 15 is 0 Å². The van der Waals surface area contributed by atoms with Crippen molar-refractivity contribution in [2.75, 3.05) is 10.6 Å². The van der Waals surface area contributed by atoms with Crippen molar-refractivity contribution in [1.82, 2.24) is 0 Å². The maximum absolute atomic E-state index is 11.5. The first-order valence-corrected chi connectivity index (χ1v) is 5.78. The van der Waals surface area contributed by atoms with Gasteiger partial charge in [-0.3, -0.25) is 9.59 Å². The Morgan fingerprint density at radius 2 is 1.72 bits per heavy atom. The van der Waals surface area contributed by atoms with Gasteiger partial charge in [-0.1, -0.05) is 26.5 Å². The normalized spacial score (nSPS) is 10.0. The molecule has 0 aliphatic heterocycles. The number of nitrogens with one attached hydrogen (secondary N) is 2. The van der Waals surface area contributed by atoms with Crippen LogP contribution < -0.4 is 10.6 Å². The predicted molar refractivity (Wildman–Crippen MR) is 73.4 cm³/mol. The summed E-state index contributed by atoms with van der Waals surface area (Å²) in [7, 11) is 0. The Labute approximate surface area is 107 Å². The van der Waals surface area contributed by atoms with Crippen molar-refractivity contribution in [2.24, 2.45) is 5.92 Å². The molecule has 0 aliphatic rings. The molecule has 0 heterocycles. The summed E-state index contributed by atoms with van der Waals surface area (Å²) in [5, 5.41) is 5.47. The molecule has 4 heteroatoms. The topological polar surface area (TPSA) is 58.2 Å². The number of rotatable bonds is 4. The number of carbonyl (C=O) groups excluding carboxylic acids is 2. The van der Waals surface area contributed by atoms with Crippen LogP contribution in [0.1, 0.15) is 20.8 Å². The van der Waals surface area contributed by atoms with Gasteiger partial charge in [0.15, 0.2) is 0 Å². The van der Waals surface area contributed by atoms with Crippen LogP contribution in [0.15, 0.2) is 36.4 Å². The zero-order chi connectivity index (χ0) is 13.7. The van der Waals surface area contributed by atoms with E-state index in [9.17, 15) is 9.59 Å². The Morgan fingerprint density at radius 3 is 2.22 bits per heavy atom. The van der Waals surface area contributed by atoms with Gasteiger partial charge in [-0.15, -0.1) is 0 Å². The summed E-state index contributed by atoms with van der Waals surface area (Å²) in [6, 6.07) is 7.01. The van der Waals surface area contributed by atoms with E-state index in [0.717, 1.165) is 0 Å². The molecule has 0 atom stereocenters. The van der Waals surface area contributed by atoms with Gasteiger partial charge in [-0.25, -0.2) is 0 Å². The molecule has 0 aromatic heterocycles. The molecule has 2 amide bonds. The van der Waals surface area contributed by atoms with Crippen LogP contribution in [0.4, 0.5) is 11.4 Å². The molecule has 0 spiro atoms. The van der Waals surface area contributed by atoms with E-state index in [-0.39, 0.29) is 17.7 Å². The standard InChI is InChI=1S/C14H18N2O2/c1-9(2)13(17)15-11-6-5-7-12(8-11)16-14(18)10(3)4/h5-8,10H,1H2,2-4H3,(H,15,17)(H,16,18). The number of carbonyl (C=O) groups is 2. The first-order valence-electron chi connectivity index (χ1n) is 5.78. The highest BCUT2D eigenvalue weighted by atomic mass is 16.2. The van der Waals surface area contributed by atoms with Crippen molar-refractivity contribution in [3.8, 4) is 0 Å². The second-order valence-electron chi connectivity index (χ2n) is 4.46. The number of hydrogen-bond donors (Lipinski definition) is 2. The van der Waals surface area contributed by atoms with Crippen LogP contribution in [0, 0.1) is 5.92 Å². The Balaban J connectivity index is 2.76. The van der Waals surface area contributed by atoms with Crippen molar-refractivity contribution in [1.29, 1.82) is 0 Å². The highest BCUT2D eigenvalue weighted by molar-refractivity contribution is 6.03. The van der Waals surface area contributed by atoms with Gasteiger partial charge in [0, 0.05) is 22.9 Å². The predicted octanol–water partition coefficient (Wildman–Crippen LogP) is 2.80. The van der Waals surface area contributed by atoms with Gasteiger partial charge < -0.3 is 10.6 Å². The molecular weight excluding hydrogens is 228 g/mol. The van der Waals surface area contributed by atoms with Gasteiger partial charge in [0.2, 0.25) is 5.91 Å². The van der Waals surface area contributed by atoms with Crippen LogP contribution in [-0.4, -0.2) is 11.8 Å². The van der Waals surface area contributed by atoms with E-state index in [2.05, 4.69) is 17.2 Å². The maximum atomic E-state index is 11.5. The number of benzene rings is 1. The summed E-state index contributed by atoms with van der Waals surface area (Å²) < 4.78 is 0. The molecule has 1 aromatic rings. The molecule has 0 saturated carbocycles. The lowest BCUT2D eigenvalue weighted by atomic mass is 10.2. The number of anilines is 2. The summed E-state index contributed by atoms with van der Waals surface area (Å²) in [4.78, 5) is 23.0. The van der Waals surface area contributed by atoms with Crippen molar-refractivity contribution < 1.29 is 9.59 Å². The maximum Gasteiger partial charge on any atom is 0.250 e. The SMILES string of the molecule is C=C(C)C(=O)Nc1cccc(NC(=O)C(C)C)c1. The van der Waals surface area contributed by atoms with Crippen molar-refractivity contribution in [3.63, 3.8) is 0 Å². The fraction of sp³-hybridized carbons (Fsp3) is 0.286. The van der Waals surface area contributed by atoms with Gasteiger partial charge in [0.25, 0.3) is 5.91 Å². The van der Waals surface area contributed by atoms with Crippen LogP contribution in [-0.2, 0) is 9.59 Å².